The van der Waals surface area contributed by atoms with Crippen molar-refractivity contribution in [3.63, 3.8) is 0 Å². The molecular formula is C4H14N4OPU-. The summed E-state index contributed by atoms with van der Waals surface area (Å²) in [5.41, 5.74) is 6.32. The molecule has 0 rings (SSSR count). The quantitative estimate of drug-likeness (QED) is 0.288. The Bertz CT molecular complexity index is 96.2. The van der Waals surface area contributed by atoms with E-state index in [2.05, 4.69) is 20.2 Å². The van der Waals surface area contributed by atoms with Crippen LogP contribution in [-0.4, -0.2) is 7.05 Å². The van der Waals surface area contributed by atoms with Crippen LogP contribution in [0.25, 0.3) is 5.43 Å². The molecule has 0 aliphatic rings. The van der Waals surface area contributed by atoms with Gasteiger partial charge in [0.25, 0.3) is 0 Å². The van der Waals surface area contributed by atoms with Crippen molar-refractivity contribution in [3.05, 3.63) is 16.7 Å². The van der Waals surface area contributed by atoms with Crippen molar-refractivity contribution >= 4 is 9.39 Å². The standard InChI is InChI=1S/C4H14N4OP.U/c1-4(2)6-7(9)8(10)5-3;/h6-8H,10H2,1-3H3;/q-1;. The fourth-order valence-electron chi connectivity index (χ4n) is 0.393. The molecule has 11 heavy (non-hydrogen) atoms. The molecular weight excluding hydrogens is 389 g/mol. The second kappa shape index (κ2) is 7.91. The van der Waals surface area contributed by atoms with Gasteiger partial charge in [-0.25, -0.2) is 4.89 Å². The van der Waals surface area contributed by atoms with Gasteiger partial charge in [0.2, 0.25) is 0 Å². The fourth-order valence-corrected chi connectivity index (χ4v) is 0.465. The first-order valence-corrected chi connectivity index (χ1v) is 3.49. The Balaban J connectivity index is 0. The van der Waals surface area contributed by atoms with E-state index in [1.54, 1.807) is 7.05 Å². The van der Waals surface area contributed by atoms with Gasteiger partial charge in [-0.05, 0) is 0 Å². The van der Waals surface area contributed by atoms with E-state index < -0.39 is 0 Å². The van der Waals surface area contributed by atoms with E-state index >= 15 is 0 Å². The molecule has 0 aromatic rings. The van der Waals surface area contributed by atoms with E-state index in [1.165, 1.54) is 0 Å². The summed E-state index contributed by atoms with van der Waals surface area (Å²) in [5, 5.41) is 10.7. The van der Waals surface area contributed by atoms with Crippen LogP contribution >= 0.6 is 9.39 Å². The van der Waals surface area contributed by atoms with Crippen molar-refractivity contribution in [1.82, 2.24) is 5.43 Å². The molecule has 7 heteroatoms. The van der Waals surface area contributed by atoms with Crippen LogP contribution in [-0.2, 0) is 0 Å². The van der Waals surface area contributed by atoms with E-state index in [9.17, 15) is 5.21 Å². The maximum Gasteiger partial charge on any atom is 0.114 e. The van der Waals surface area contributed by atoms with Crippen LogP contribution in [0.15, 0.2) is 0 Å². The van der Waals surface area contributed by atoms with Gasteiger partial charge in [-0.15, -0.1) is 7.05 Å². The van der Waals surface area contributed by atoms with Crippen LogP contribution in [0.1, 0.15) is 13.8 Å². The van der Waals surface area contributed by atoms with E-state index in [0.717, 1.165) is 6.04 Å². The molecule has 0 bridgehead atoms. The first kappa shape index (κ1) is 14.8. The third-order valence-corrected chi connectivity index (χ3v) is 1.36. The Labute approximate surface area is 93.4 Å². The molecule has 0 aliphatic carbocycles. The van der Waals surface area contributed by atoms with Gasteiger partial charge in [-0.1, -0.05) is 0 Å². The monoisotopic (exact) mass is 403 g/mol. The molecule has 0 saturated carbocycles. The Hall–Kier alpha value is 1.28. The first-order chi connectivity index (χ1) is 4.57. The Morgan fingerprint density at radius 1 is 1.55 bits per heavy atom. The topological polar surface area (TPSA) is 58.1 Å². The van der Waals surface area contributed by atoms with Gasteiger partial charge in [0.1, 0.15) is 9.39 Å². The summed E-state index contributed by atoms with van der Waals surface area (Å²) in [6, 6.07) is 0.869. The molecule has 3 atom stereocenters. The second-order valence-electron chi connectivity index (χ2n) is 2.06. The third kappa shape index (κ3) is 7.64. The summed E-state index contributed by atoms with van der Waals surface area (Å²) in [4.78, 5) is 0.418. The third-order valence-electron chi connectivity index (χ3n) is 0.837. The predicted molar refractivity (Wildman–Crippen MR) is 42.0 cm³/mol. The molecule has 0 saturated heterocycles. The molecule has 0 spiro atoms. The van der Waals surface area contributed by atoms with Crippen molar-refractivity contribution in [2.75, 3.05) is 7.05 Å². The zero-order valence-corrected chi connectivity index (χ0v) is 12.3. The molecule has 0 aliphatic heterocycles. The summed E-state index contributed by atoms with van der Waals surface area (Å²) in [5.74, 6) is 0. The Morgan fingerprint density at radius 3 is 2.27 bits per heavy atom. The summed E-state index contributed by atoms with van der Waals surface area (Å²) < 4.78 is 0. The van der Waals surface area contributed by atoms with Gasteiger partial charge >= 0.3 is 0 Å². The van der Waals surface area contributed by atoms with Crippen molar-refractivity contribution in [2.45, 2.75) is 13.8 Å². The minimum atomic E-state index is -0.160. The van der Waals surface area contributed by atoms with Gasteiger partial charge in [0.05, 0.1) is 0 Å². The van der Waals surface area contributed by atoms with Crippen molar-refractivity contribution < 1.29 is 41.3 Å². The molecule has 0 heterocycles. The SMILES string of the molecule is C[N-][NH+](P)[NH+]([O-])N[C-](C)C.[U]. The van der Waals surface area contributed by atoms with Gasteiger partial charge in [0.15, 0.2) is 0 Å². The van der Waals surface area contributed by atoms with Crippen LogP contribution in [0.2, 0.25) is 0 Å². The molecule has 0 radical (unpaired) electrons. The Morgan fingerprint density at radius 2 is 2.00 bits per heavy atom. The maximum atomic E-state index is 10.9. The van der Waals surface area contributed by atoms with Gasteiger partial charge < -0.3 is 10.6 Å². The summed E-state index contributed by atoms with van der Waals surface area (Å²) in [6.07, 6.45) is 0. The van der Waals surface area contributed by atoms with Crippen LogP contribution in [0.5, 0.6) is 0 Å². The van der Waals surface area contributed by atoms with Crippen LogP contribution in [0.3, 0.4) is 0 Å². The second-order valence-corrected chi connectivity index (χ2v) is 2.61. The molecule has 3 unspecified atom stereocenters. The predicted octanol–water partition coefficient (Wildman–Crippen LogP) is -2.05. The van der Waals surface area contributed by atoms with E-state index in [1.807, 2.05) is 13.8 Å². The fraction of sp³-hybridized carbons (Fsp3) is 0.750. The largest absolute Gasteiger partial charge is 0.566 e. The minimum absolute atomic E-state index is 0. The summed E-state index contributed by atoms with van der Waals surface area (Å²) in [7, 11) is 3.84. The van der Waals surface area contributed by atoms with Crippen molar-refractivity contribution in [1.29, 1.82) is 0 Å². The average Bonchev–Trinajstić information content (AvgIpc) is 1.85. The van der Waals surface area contributed by atoms with E-state index in [-0.39, 0.29) is 36.4 Å². The molecule has 0 aromatic carbocycles. The Kier molecular flexibility index (Phi) is 10.6. The number of nitrogens with zero attached hydrogens (tertiary/aromatic N) is 1. The van der Waals surface area contributed by atoms with E-state index in [0.29, 0.717) is 4.89 Å². The van der Waals surface area contributed by atoms with Gasteiger partial charge in [0, 0.05) is 31.1 Å². The smallest absolute Gasteiger partial charge is 0.114 e. The summed E-state index contributed by atoms with van der Waals surface area (Å²) in [6.45, 7) is 3.65. The van der Waals surface area contributed by atoms with Crippen LogP contribution in [0.4, 0.5) is 0 Å². The van der Waals surface area contributed by atoms with Gasteiger partial charge in [-0.2, -0.15) is 25.2 Å². The normalized spacial score (nSPS) is 15.8. The van der Waals surface area contributed by atoms with Crippen molar-refractivity contribution in [3.8, 4) is 0 Å². The van der Waals surface area contributed by atoms with E-state index in [4.69, 9.17) is 0 Å². The van der Waals surface area contributed by atoms with Gasteiger partial charge in [-0.3, -0.25) is 5.43 Å². The molecule has 66 valence electrons. The number of rotatable bonds is 4. The molecule has 5 nitrogen and oxygen atoms in total. The maximum absolute atomic E-state index is 10.9. The number of hydrogen-bond acceptors (Lipinski definition) is 2. The molecule has 0 aromatic heterocycles. The number of nitrogens with one attached hydrogen (secondary N) is 3. The van der Waals surface area contributed by atoms with Crippen molar-refractivity contribution in [2.24, 2.45) is 0 Å². The zero-order chi connectivity index (χ0) is 8.15. The number of quaternary nitrogens is 2. The first-order valence-electron chi connectivity index (χ1n) is 2.91. The van der Waals surface area contributed by atoms with Crippen LogP contribution < -0.4 is 15.6 Å². The molecule has 0 amide bonds. The molecule has 0 fully saturated rings. The minimum Gasteiger partial charge on any atom is -0.566 e. The van der Waals surface area contributed by atoms with Crippen LogP contribution in [0, 0.1) is 42.4 Å². The average molecular weight is 403 g/mol. The number of hydrogen-bond donors (Lipinski definition) is 3. The molecule has 3 N–H and O–H groups in total. The summed E-state index contributed by atoms with van der Waals surface area (Å²) >= 11 is 0. The zero-order valence-electron chi connectivity index (χ0n) is 6.93.